The minimum absolute atomic E-state index is 0.00263. The predicted octanol–water partition coefficient (Wildman–Crippen LogP) is 3.54. The average molecular weight is 374 g/mol. The molecule has 0 N–H and O–H groups in total. The van der Waals surface area contributed by atoms with E-state index in [2.05, 4.69) is 15.1 Å². The van der Waals surface area contributed by atoms with Crippen LogP contribution in [0, 0.1) is 6.92 Å². The van der Waals surface area contributed by atoms with Crippen molar-refractivity contribution in [2.45, 2.75) is 33.2 Å². The van der Waals surface area contributed by atoms with Crippen LogP contribution in [0.2, 0.25) is 0 Å². The Hall–Kier alpha value is -3.35. The first-order valence-electron chi connectivity index (χ1n) is 9.24. The third kappa shape index (κ3) is 3.31. The first kappa shape index (κ1) is 18.0. The Labute approximate surface area is 163 Å². The number of rotatable bonds is 5. The van der Waals surface area contributed by atoms with Crippen LogP contribution in [0.3, 0.4) is 0 Å². The molecule has 7 nitrogen and oxygen atoms in total. The minimum atomic E-state index is -0.00263. The summed E-state index contributed by atoms with van der Waals surface area (Å²) in [4.78, 5) is 26.1. The number of imidazole rings is 1. The normalized spacial score (nSPS) is 11.5. The van der Waals surface area contributed by atoms with Crippen molar-refractivity contribution in [1.29, 1.82) is 0 Å². The quantitative estimate of drug-likeness (QED) is 0.499. The van der Waals surface area contributed by atoms with E-state index in [1.54, 1.807) is 23.3 Å². The lowest BCUT2D eigenvalue weighted by Gasteiger charge is -2.06. The van der Waals surface area contributed by atoms with Crippen LogP contribution in [0.15, 0.2) is 43.0 Å². The standard InChI is InChI=1S/C21H22N6O/c1-13(2)27-12-16(10-24-27)21(28)8-17-7-19-15(9-23-17)5-6-18(25-19)20-11-22-14(3)26(20)4/h5-7,9-13H,8H2,1-4H3. The van der Waals surface area contributed by atoms with Gasteiger partial charge in [0.25, 0.3) is 0 Å². The summed E-state index contributed by atoms with van der Waals surface area (Å²) in [5, 5.41) is 5.18. The molecule has 142 valence electrons. The first-order valence-corrected chi connectivity index (χ1v) is 9.24. The number of pyridine rings is 2. The Morgan fingerprint density at radius 3 is 2.64 bits per heavy atom. The first-order chi connectivity index (χ1) is 13.4. The molecule has 0 amide bonds. The summed E-state index contributed by atoms with van der Waals surface area (Å²) in [5.41, 5.74) is 3.91. The maximum Gasteiger partial charge on any atom is 0.171 e. The van der Waals surface area contributed by atoms with Gasteiger partial charge >= 0.3 is 0 Å². The molecule has 7 heteroatoms. The molecule has 4 heterocycles. The molecule has 4 aromatic heterocycles. The molecule has 28 heavy (non-hydrogen) atoms. The van der Waals surface area contributed by atoms with Gasteiger partial charge in [-0.15, -0.1) is 0 Å². The number of hydrogen-bond donors (Lipinski definition) is 0. The second-order valence-corrected chi connectivity index (χ2v) is 7.22. The van der Waals surface area contributed by atoms with Gasteiger partial charge in [-0.05, 0) is 39.0 Å². The van der Waals surface area contributed by atoms with Crippen molar-refractivity contribution in [3.8, 4) is 11.4 Å². The Kier molecular flexibility index (Phi) is 4.50. The Balaban J connectivity index is 1.62. The molecule has 0 aliphatic rings. The fourth-order valence-corrected chi connectivity index (χ4v) is 3.07. The van der Waals surface area contributed by atoms with Crippen LogP contribution < -0.4 is 0 Å². The van der Waals surface area contributed by atoms with Crippen LogP contribution in [0.1, 0.15) is 41.8 Å². The largest absolute Gasteiger partial charge is 0.330 e. The van der Waals surface area contributed by atoms with E-state index in [1.807, 2.05) is 56.8 Å². The molecule has 0 saturated heterocycles. The summed E-state index contributed by atoms with van der Waals surface area (Å²) in [6, 6.07) is 6.06. The Morgan fingerprint density at radius 1 is 1.14 bits per heavy atom. The van der Waals surface area contributed by atoms with Crippen molar-refractivity contribution >= 4 is 16.7 Å². The van der Waals surface area contributed by atoms with Gasteiger partial charge in [-0.2, -0.15) is 5.10 Å². The molecular formula is C21H22N6O. The fraction of sp³-hybridized carbons (Fsp3) is 0.286. The van der Waals surface area contributed by atoms with E-state index in [9.17, 15) is 4.79 Å². The van der Waals surface area contributed by atoms with Crippen LogP contribution in [-0.4, -0.2) is 35.1 Å². The zero-order chi connectivity index (χ0) is 19.8. The number of hydrogen-bond acceptors (Lipinski definition) is 5. The van der Waals surface area contributed by atoms with Crippen molar-refractivity contribution in [3.63, 3.8) is 0 Å². The van der Waals surface area contributed by atoms with Gasteiger partial charge < -0.3 is 4.57 Å². The van der Waals surface area contributed by atoms with Gasteiger partial charge in [0.2, 0.25) is 0 Å². The number of ketones is 1. The Morgan fingerprint density at radius 2 is 1.96 bits per heavy atom. The second kappa shape index (κ2) is 6.99. The predicted molar refractivity (Wildman–Crippen MR) is 107 cm³/mol. The highest BCUT2D eigenvalue weighted by Crippen LogP contribution is 2.22. The lowest BCUT2D eigenvalue weighted by molar-refractivity contribution is 0.0992. The number of carbonyl (C=O) groups excluding carboxylic acids is 1. The van der Waals surface area contributed by atoms with Crippen LogP contribution in [0.4, 0.5) is 0 Å². The summed E-state index contributed by atoms with van der Waals surface area (Å²) < 4.78 is 3.79. The molecule has 4 aromatic rings. The van der Waals surface area contributed by atoms with Crippen molar-refractivity contribution in [2.24, 2.45) is 7.05 Å². The Bertz CT molecular complexity index is 1170. The molecule has 0 saturated carbocycles. The van der Waals surface area contributed by atoms with E-state index < -0.39 is 0 Å². The molecular weight excluding hydrogens is 352 g/mol. The number of aryl methyl sites for hydroxylation is 1. The maximum absolute atomic E-state index is 12.6. The van der Waals surface area contributed by atoms with Crippen molar-refractivity contribution < 1.29 is 4.79 Å². The summed E-state index contributed by atoms with van der Waals surface area (Å²) in [7, 11) is 1.97. The van der Waals surface area contributed by atoms with Crippen molar-refractivity contribution in [2.75, 3.05) is 0 Å². The van der Waals surface area contributed by atoms with Crippen LogP contribution in [-0.2, 0) is 13.5 Å². The lowest BCUT2D eigenvalue weighted by Crippen LogP contribution is -2.05. The van der Waals surface area contributed by atoms with E-state index in [-0.39, 0.29) is 18.2 Å². The topological polar surface area (TPSA) is 78.5 Å². The fourth-order valence-electron chi connectivity index (χ4n) is 3.07. The summed E-state index contributed by atoms with van der Waals surface area (Å²) in [6.45, 7) is 6.01. The van der Waals surface area contributed by atoms with Gasteiger partial charge in [0, 0.05) is 30.9 Å². The smallest absolute Gasteiger partial charge is 0.171 e. The monoisotopic (exact) mass is 374 g/mol. The van der Waals surface area contributed by atoms with Gasteiger partial charge in [-0.1, -0.05) is 0 Å². The third-order valence-electron chi connectivity index (χ3n) is 4.91. The highest BCUT2D eigenvalue weighted by molar-refractivity contribution is 5.97. The highest BCUT2D eigenvalue weighted by Gasteiger charge is 2.13. The van der Waals surface area contributed by atoms with Crippen molar-refractivity contribution in [3.05, 3.63) is 60.1 Å². The SMILES string of the molecule is Cc1ncc(-c2ccc3cnc(CC(=O)c4cnn(C(C)C)c4)cc3n2)n1C. The lowest BCUT2D eigenvalue weighted by atomic mass is 10.1. The molecule has 0 radical (unpaired) electrons. The number of fused-ring (bicyclic) bond motifs is 1. The molecule has 0 unspecified atom stereocenters. The molecule has 0 bridgehead atoms. The molecule has 0 aromatic carbocycles. The minimum Gasteiger partial charge on any atom is -0.330 e. The maximum atomic E-state index is 12.6. The highest BCUT2D eigenvalue weighted by atomic mass is 16.1. The summed E-state index contributed by atoms with van der Waals surface area (Å²) >= 11 is 0. The molecule has 0 aliphatic heterocycles. The van der Waals surface area contributed by atoms with Crippen LogP contribution >= 0.6 is 0 Å². The molecule has 0 aliphatic carbocycles. The number of carbonyl (C=O) groups is 1. The molecule has 0 fully saturated rings. The molecule has 0 spiro atoms. The van der Waals surface area contributed by atoms with Crippen LogP contribution in [0.25, 0.3) is 22.3 Å². The second-order valence-electron chi connectivity index (χ2n) is 7.22. The number of nitrogens with zero attached hydrogens (tertiary/aromatic N) is 6. The average Bonchev–Trinajstić information content (AvgIpc) is 3.29. The van der Waals surface area contributed by atoms with Gasteiger partial charge in [0.1, 0.15) is 5.82 Å². The third-order valence-corrected chi connectivity index (χ3v) is 4.91. The zero-order valence-electron chi connectivity index (χ0n) is 16.4. The molecule has 4 rings (SSSR count). The molecule has 0 atom stereocenters. The van der Waals surface area contributed by atoms with E-state index in [0.29, 0.717) is 11.3 Å². The van der Waals surface area contributed by atoms with Gasteiger partial charge in [0.05, 0.1) is 47.0 Å². The number of aromatic nitrogens is 6. The van der Waals surface area contributed by atoms with E-state index >= 15 is 0 Å². The van der Waals surface area contributed by atoms with Crippen LogP contribution in [0.5, 0.6) is 0 Å². The van der Waals surface area contributed by atoms with Gasteiger partial charge in [0.15, 0.2) is 5.78 Å². The van der Waals surface area contributed by atoms with Gasteiger partial charge in [-0.3, -0.25) is 14.5 Å². The number of Topliss-reactive ketones (excluding diaryl/α,β-unsaturated/α-hetero) is 1. The van der Waals surface area contributed by atoms with E-state index in [1.165, 1.54) is 0 Å². The zero-order valence-corrected chi connectivity index (χ0v) is 16.4. The van der Waals surface area contributed by atoms with E-state index in [4.69, 9.17) is 4.98 Å². The summed E-state index contributed by atoms with van der Waals surface area (Å²) in [5.74, 6) is 0.928. The van der Waals surface area contributed by atoms with Crippen molar-refractivity contribution in [1.82, 2.24) is 29.3 Å². The summed E-state index contributed by atoms with van der Waals surface area (Å²) in [6.07, 6.45) is 7.21. The van der Waals surface area contributed by atoms with E-state index in [0.717, 1.165) is 28.1 Å². The van der Waals surface area contributed by atoms with Gasteiger partial charge in [-0.25, -0.2) is 9.97 Å².